The summed E-state index contributed by atoms with van der Waals surface area (Å²) in [4.78, 5) is 6.42. The molecule has 16 heavy (non-hydrogen) atoms. The van der Waals surface area contributed by atoms with E-state index in [1.165, 1.54) is 12.8 Å². The highest BCUT2D eigenvalue weighted by Gasteiger charge is 2.28. The Bertz CT molecular complexity index is 378. The molecule has 0 amide bonds. The minimum Gasteiger partial charge on any atom is -0.295 e. The first kappa shape index (κ1) is 11.4. The third-order valence-corrected chi connectivity index (χ3v) is 2.97. The van der Waals surface area contributed by atoms with E-state index < -0.39 is 0 Å². The molecule has 1 aromatic rings. The van der Waals surface area contributed by atoms with Crippen molar-refractivity contribution >= 4 is 11.6 Å². The molecule has 4 heteroatoms. The Morgan fingerprint density at radius 1 is 1.50 bits per heavy atom. The van der Waals surface area contributed by atoms with E-state index in [9.17, 15) is 0 Å². The number of pyridine rings is 1. The Morgan fingerprint density at radius 3 is 2.88 bits per heavy atom. The fourth-order valence-electron chi connectivity index (χ4n) is 1.76. The van der Waals surface area contributed by atoms with Gasteiger partial charge in [-0.05, 0) is 24.5 Å². The summed E-state index contributed by atoms with van der Waals surface area (Å²) in [6.07, 6.45) is 4.92. The number of halogens is 1. The predicted molar refractivity (Wildman–Crippen MR) is 62.9 cm³/mol. The molecule has 0 bridgehead atoms. The van der Waals surface area contributed by atoms with Crippen LogP contribution in [0.2, 0.25) is 5.15 Å². The lowest BCUT2D eigenvalue weighted by Crippen LogP contribution is -2.26. The molecule has 0 unspecified atom stereocenters. The molecular formula is C12H14ClN3. The lowest BCUT2D eigenvalue weighted by atomic mass is 10.2. The molecular weight excluding hydrogens is 222 g/mol. The molecule has 3 nitrogen and oxygen atoms in total. The van der Waals surface area contributed by atoms with Crippen LogP contribution in [0.3, 0.4) is 0 Å². The molecule has 0 atom stereocenters. The third kappa shape index (κ3) is 3.19. The molecule has 1 fully saturated rings. The van der Waals surface area contributed by atoms with Crippen molar-refractivity contribution in [2.75, 3.05) is 6.54 Å². The Hall–Kier alpha value is -1.11. The van der Waals surface area contributed by atoms with Gasteiger partial charge in [-0.15, -0.1) is 0 Å². The SMILES string of the molecule is N#CCCN(Cc1ccc(Cl)nc1)C1CC1. The molecule has 0 aromatic carbocycles. The van der Waals surface area contributed by atoms with Crippen LogP contribution in [0.4, 0.5) is 0 Å². The quantitative estimate of drug-likeness (QED) is 0.737. The topological polar surface area (TPSA) is 39.9 Å². The fraction of sp³-hybridized carbons (Fsp3) is 0.500. The Kier molecular flexibility index (Phi) is 3.76. The van der Waals surface area contributed by atoms with E-state index >= 15 is 0 Å². The van der Waals surface area contributed by atoms with Crippen LogP contribution in [-0.2, 0) is 6.54 Å². The zero-order valence-corrected chi connectivity index (χ0v) is 9.82. The first-order chi connectivity index (χ1) is 7.79. The summed E-state index contributed by atoms with van der Waals surface area (Å²) in [7, 11) is 0. The van der Waals surface area contributed by atoms with Gasteiger partial charge in [-0.25, -0.2) is 4.98 Å². The highest BCUT2D eigenvalue weighted by Crippen LogP contribution is 2.28. The lowest BCUT2D eigenvalue weighted by Gasteiger charge is -2.20. The molecule has 84 valence electrons. The molecule has 0 spiro atoms. The van der Waals surface area contributed by atoms with Crippen molar-refractivity contribution in [3.8, 4) is 6.07 Å². The molecule has 0 radical (unpaired) electrons. The molecule has 1 heterocycles. The summed E-state index contributed by atoms with van der Waals surface area (Å²) in [6, 6.07) is 6.68. The summed E-state index contributed by atoms with van der Waals surface area (Å²) in [6.45, 7) is 1.72. The Labute approximate surface area is 101 Å². The maximum atomic E-state index is 8.61. The normalized spacial score (nSPS) is 15.1. The zero-order chi connectivity index (χ0) is 11.4. The number of nitriles is 1. The van der Waals surface area contributed by atoms with Gasteiger partial charge in [-0.3, -0.25) is 4.90 Å². The van der Waals surface area contributed by atoms with E-state index in [4.69, 9.17) is 16.9 Å². The first-order valence-electron chi connectivity index (χ1n) is 5.51. The number of hydrogen-bond donors (Lipinski definition) is 0. The predicted octanol–water partition coefficient (Wildman–Crippen LogP) is 2.61. The largest absolute Gasteiger partial charge is 0.295 e. The maximum absolute atomic E-state index is 8.61. The van der Waals surface area contributed by atoms with Gasteiger partial charge in [-0.2, -0.15) is 5.26 Å². The molecule has 0 saturated heterocycles. The van der Waals surface area contributed by atoms with E-state index in [-0.39, 0.29) is 0 Å². The monoisotopic (exact) mass is 235 g/mol. The molecule has 1 aromatic heterocycles. The van der Waals surface area contributed by atoms with Gasteiger partial charge in [0.05, 0.1) is 6.07 Å². The van der Waals surface area contributed by atoms with Crippen molar-refractivity contribution in [1.29, 1.82) is 5.26 Å². The third-order valence-electron chi connectivity index (χ3n) is 2.75. The van der Waals surface area contributed by atoms with Crippen LogP contribution in [0.5, 0.6) is 0 Å². The molecule has 0 aliphatic heterocycles. The number of rotatable bonds is 5. The van der Waals surface area contributed by atoms with Crippen molar-refractivity contribution in [1.82, 2.24) is 9.88 Å². The van der Waals surface area contributed by atoms with Crippen LogP contribution >= 0.6 is 11.6 Å². The van der Waals surface area contributed by atoms with Gasteiger partial charge in [0.15, 0.2) is 0 Å². The van der Waals surface area contributed by atoms with Gasteiger partial charge >= 0.3 is 0 Å². The average Bonchev–Trinajstić information content (AvgIpc) is 3.11. The van der Waals surface area contributed by atoms with Crippen molar-refractivity contribution in [2.45, 2.75) is 31.8 Å². The van der Waals surface area contributed by atoms with Crippen molar-refractivity contribution < 1.29 is 0 Å². The van der Waals surface area contributed by atoms with Crippen molar-refractivity contribution in [3.63, 3.8) is 0 Å². The Balaban J connectivity index is 1.94. The molecule has 1 aliphatic rings. The second kappa shape index (κ2) is 5.29. The average molecular weight is 236 g/mol. The highest BCUT2D eigenvalue weighted by molar-refractivity contribution is 6.29. The smallest absolute Gasteiger partial charge is 0.129 e. The summed E-state index contributed by atoms with van der Waals surface area (Å²) in [5.74, 6) is 0. The first-order valence-corrected chi connectivity index (χ1v) is 5.89. The standard InChI is InChI=1S/C12H14ClN3/c13-12-5-2-10(8-15-12)9-16(7-1-6-14)11-3-4-11/h2,5,8,11H,1,3-4,7,9H2. The second-order valence-corrected chi connectivity index (χ2v) is 4.49. The summed E-state index contributed by atoms with van der Waals surface area (Å²) < 4.78 is 0. The van der Waals surface area contributed by atoms with Gasteiger partial charge in [0.25, 0.3) is 0 Å². The van der Waals surface area contributed by atoms with Crippen LogP contribution in [-0.4, -0.2) is 22.5 Å². The van der Waals surface area contributed by atoms with Gasteiger partial charge in [0, 0.05) is 31.7 Å². The van der Waals surface area contributed by atoms with Crippen LogP contribution in [0.25, 0.3) is 0 Å². The lowest BCUT2D eigenvalue weighted by molar-refractivity contribution is 0.260. The van der Waals surface area contributed by atoms with Gasteiger partial charge in [-0.1, -0.05) is 17.7 Å². The maximum Gasteiger partial charge on any atom is 0.129 e. The second-order valence-electron chi connectivity index (χ2n) is 4.10. The fourth-order valence-corrected chi connectivity index (χ4v) is 1.87. The minimum atomic E-state index is 0.527. The Morgan fingerprint density at radius 2 is 2.31 bits per heavy atom. The van der Waals surface area contributed by atoms with E-state index in [0.717, 1.165) is 18.7 Å². The minimum absolute atomic E-state index is 0.527. The van der Waals surface area contributed by atoms with E-state index in [0.29, 0.717) is 17.6 Å². The van der Waals surface area contributed by atoms with Crippen LogP contribution < -0.4 is 0 Å². The summed E-state index contributed by atoms with van der Waals surface area (Å²) in [5, 5.41) is 9.14. The number of hydrogen-bond acceptors (Lipinski definition) is 3. The number of nitrogens with zero attached hydrogens (tertiary/aromatic N) is 3. The van der Waals surface area contributed by atoms with Crippen molar-refractivity contribution in [3.05, 3.63) is 29.0 Å². The van der Waals surface area contributed by atoms with Gasteiger partial charge < -0.3 is 0 Å². The van der Waals surface area contributed by atoms with Crippen LogP contribution in [0.1, 0.15) is 24.8 Å². The molecule has 2 rings (SSSR count). The van der Waals surface area contributed by atoms with E-state index in [2.05, 4.69) is 16.0 Å². The highest BCUT2D eigenvalue weighted by atomic mass is 35.5. The van der Waals surface area contributed by atoms with E-state index in [1.807, 2.05) is 18.3 Å². The van der Waals surface area contributed by atoms with Gasteiger partial charge in [0.1, 0.15) is 5.15 Å². The number of aromatic nitrogens is 1. The van der Waals surface area contributed by atoms with Gasteiger partial charge in [0.2, 0.25) is 0 Å². The summed E-state index contributed by atoms with van der Waals surface area (Å²) >= 11 is 5.74. The van der Waals surface area contributed by atoms with Crippen LogP contribution in [0.15, 0.2) is 18.3 Å². The molecule has 0 N–H and O–H groups in total. The van der Waals surface area contributed by atoms with Crippen molar-refractivity contribution in [2.24, 2.45) is 0 Å². The van der Waals surface area contributed by atoms with E-state index in [1.54, 1.807) is 0 Å². The molecule has 1 aliphatic carbocycles. The molecule has 1 saturated carbocycles. The summed E-state index contributed by atoms with van der Waals surface area (Å²) in [5.41, 5.74) is 1.16. The zero-order valence-electron chi connectivity index (χ0n) is 9.06. The van der Waals surface area contributed by atoms with Crippen LogP contribution in [0, 0.1) is 11.3 Å².